The van der Waals surface area contributed by atoms with Crippen LogP contribution in [0.25, 0.3) is 44.1 Å². The Morgan fingerprint density at radius 1 is 0.593 bits per heavy atom. The second kappa shape index (κ2) is 6.49. The molecule has 0 saturated carbocycles. The number of halogens is 1. The smallest absolute Gasteiger partial charge is 0.130 e. The van der Waals surface area contributed by atoms with Crippen molar-refractivity contribution in [2.45, 2.75) is 0 Å². The Morgan fingerprint density at radius 2 is 1.19 bits per heavy atom. The molecule has 0 saturated heterocycles. The second-order valence-corrected chi connectivity index (χ2v) is 6.83. The van der Waals surface area contributed by atoms with Gasteiger partial charge in [-0.15, -0.1) is 0 Å². The van der Waals surface area contributed by atoms with E-state index in [4.69, 9.17) is 11.6 Å². The maximum atomic E-state index is 6.39. The average molecular weight is 367 g/mol. The molecule has 0 aliphatic carbocycles. The van der Waals surface area contributed by atoms with E-state index in [1.807, 2.05) is 54.7 Å². The van der Waals surface area contributed by atoms with Gasteiger partial charge in [0.1, 0.15) is 5.15 Å². The summed E-state index contributed by atoms with van der Waals surface area (Å²) in [6, 6.07) is 28.8. The molecular weight excluding hydrogens is 352 g/mol. The van der Waals surface area contributed by atoms with Crippen LogP contribution in [0.4, 0.5) is 0 Å². The predicted octanol–water partition coefficient (Wildman–Crippen LogP) is 6.77. The zero-order chi connectivity index (χ0) is 18.2. The minimum atomic E-state index is 0.473. The number of pyridine rings is 2. The third-order valence-electron chi connectivity index (χ3n) is 4.83. The molecule has 5 rings (SSSR count). The molecule has 0 unspecified atom stereocenters. The highest BCUT2D eigenvalue weighted by atomic mass is 35.5. The van der Waals surface area contributed by atoms with Crippen LogP contribution in [0.1, 0.15) is 0 Å². The van der Waals surface area contributed by atoms with Crippen molar-refractivity contribution in [1.29, 1.82) is 0 Å². The van der Waals surface area contributed by atoms with Gasteiger partial charge in [-0.2, -0.15) is 0 Å². The number of aromatic nitrogens is 2. The van der Waals surface area contributed by atoms with E-state index in [2.05, 4.69) is 46.4 Å². The maximum absolute atomic E-state index is 6.39. The normalized spacial score (nSPS) is 11.1. The zero-order valence-corrected chi connectivity index (χ0v) is 15.2. The van der Waals surface area contributed by atoms with Crippen LogP contribution in [0.3, 0.4) is 0 Å². The molecule has 0 aliphatic heterocycles. The first-order chi connectivity index (χ1) is 13.3. The first-order valence-corrected chi connectivity index (χ1v) is 9.18. The van der Waals surface area contributed by atoms with Gasteiger partial charge in [0.25, 0.3) is 0 Å². The molecule has 0 aliphatic rings. The number of rotatable bonds is 2. The number of fused-ring (bicyclic) bond motifs is 3. The molecule has 128 valence electrons. The number of benzene rings is 3. The fourth-order valence-electron chi connectivity index (χ4n) is 3.60. The van der Waals surface area contributed by atoms with Gasteiger partial charge in [0, 0.05) is 17.0 Å². The second-order valence-electron chi connectivity index (χ2n) is 6.44. The number of hydrogen-bond acceptors (Lipinski definition) is 2. The predicted molar refractivity (Wildman–Crippen MR) is 113 cm³/mol. The Morgan fingerprint density at radius 3 is 1.85 bits per heavy atom. The highest BCUT2D eigenvalue weighted by Crippen LogP contribution is 2.36. The number of nitrogens with zero attached hydrogens (tertiary/aromatic N) is 2. The molecule has 27 heavy (non-hydrogen) atoms. The summed E-state index contributed by atoms with van der Waals surface area (Å²) >= 11 is 6.39. The van der Waals surface area contributed by atoms with Gasteiger partial charge in [-0.25, -0.2) is 4.98 Å². The molecule has 3 aromatic carbocycles. The molecule has 5 aromatic rings. The fourth-order valence-corrected chi connectivity index (χ4v) is 3.79. The summed E-state index contributed by atoms with van der Waals surface area (Å²) in [5, 5.41) is 2.60. The molecule has 0 spiro atoms. The SMILES string of the molecule is Clc1cc(-c2ccccc2)c2ccc3c(-c4ccccc4)ccnc3c2n1. The van der Waals surface area contributed by atoms with Crippen LogP contribution in [-0.2, 0) is 0 Å². The summed E-state index contributed by atoms with van der Waals surface area (Å²) in [5.74, 6) is 0. The Bertz CT molecular complexity index is 1270. The topological polar surface area (TPSA) is 25.8 Å². The molecule has 2 nitrogen and oxygen atoms in total. The van der Waals surface area contributed by atoms with E-state index < -0.39 is 0 Å². The van der Waals surface area contributed by atoms with Gasteiger partial charge in [-0.1, -0.05) is 84.4 Å². The summed E-state index contributed by atoms with van der Waals surface area (Å²) in [7, 11) is 0. The maximum Gasteiger partial charge on any atom is 0.130 e. The van der Waals surface area contributed by atoms with Gasteiger partial charge in [-0.3, -0.25) is 4.98 Å². The van der Waals surface area contributed by atoms with Crippen molar-refractivity contribution in [2.75, 3.05) is 0 Å². The van der Waals surface area contributed by atoms with Crippen molar-refractivity contribution >= 4 is 33.4 Å². The van der Waals surface area contributed by atoms with Crippen molar-refractivity contribution in [2.24, 2.45) is 0 Å². The highest BCUT2D eigenvalue weighted by molar-refractivity contribution is 6.30. The molecule has 0 bridgehead atoms. The molecule has 0 amide bonds. The highest BCUT2D eigenvalue weighted by Gasteiger charge is 2.13. The van der Waals surface area contributed by atoms with Crippen LogP contribution < -0.4 is 0 Å². The van der Waals surface area contributed by atoms with Crippen molar-refractivity contribution in [3.8, 4) is 22.3 Å². The van der Waals surface area contributed by atoms with Crippen molar-refractivity contribution in [3.05, 3.63) is 96.3 Å². The van der Waals surface area contributed by atoms with E-state index >= 15 is 0 Å². The zero-order valence-electron chi connectivity index (χ0n) is 14.4. The monoisotopic (exact) mass is 366 g/mol. The van der Waals surface area contributed by atoms with Crippen molar-refractivity contribution < 1.29 is 0 Å². The van der Waals surface area contributed by atoms with Crippen LogP contribution in [0.2, 0.25) is 5.15 Å². The van der Waals surface area contributed by atoms with E-state index in [1.54, 1.807) is 0 Å². The molecule has 2 aromatic heterocycles. The molecule has 0 radical (unpaired) electrons. The summed E-state index contributed by atoms with van der Waals surface area (Å²) < 4.78 is 0. The third kappa shape index (κ3) is 2.75. The number of hydrogen-bond donors (Lipinski definition) is 0. The molecule has 0 atom stereocenters. The minimum Gasteiger partial charge on any atom is -0.254 e. The lowest BCUT2D eigenvalue weighted by Gasteiger charge is -2.12. The van der Waals surface area contributed by atoms with Crippen LogP contribution in [0.15, 0.2) is 91.1 Å². The van der Waals surface area contributed by atoms with Gasteiger partial charge in [0.15, 0.2) is 0 Å². The third-order valence-corrected chi connectivity index (χ3v) is 5.02. The van der Waals surface area contributed by atoms with E-state index in [9.17, 15) is 0 Å². The van der Waals surface area contributed by atoms with Crippen LogP contribution in [0.5, 0.6) is 0 Å². The first-order valence-electron chi connectivity index (χ1n) is 8.80. The van der Waals surface area contributed by atoms with Gasteiger partial charge in [0.2, 0.25) is 0 Å². The van der Waals surface area contributed by atoms with Crippen LogP contribution in [-0.4, -0.2) is 9.97 Å². The molecule has 3 heteroatoms. The van der Waals surface area contributed by atoms with Gasteiger partial charge < -0.3 is 0 Å². The van der Waals surface area contributed by atoms with E-state index in [0.717, 1.165) is 44.1 Å². The quantitative estimate of drug-likeness (QED) is 0.254. The lowest BCUT2D eigenvalue weighted by atomic mass is 9.96. The lowest BCUT2D eigenvalue weighted by molar-refractivity contribution is 1.37. The lowest BCUT2D eigenvalue weighted by Crippen LogP contribution is -1.91. The van der Waals surface area contributed by atoms with Crippen LogP contribution >= 0.6 is 11.6 Å². The summed E-state index contributed by atoms with van der Waals surface area (Å²) in [4.78, 5) is 9.28. The van der Waals surface area contributed by atoms with Crippen LogP contribution in [0, 0.1) is 0 Å². The van der Waals surface area contributed by atoms with E-state index in [-0.39, 0.29) is 0 Å². The fraction of sp³-hybridized carbons (Fsp3) is 0. The van der Waals surface area contributed by atoms with Crippen molar-refractivity contribution in [3.63, 3.8) is 0 Å². The Kier molecular flexibility index (Phi) is 3.84. The molecular formula is C24H15ClN2. The largest absolute Gasteiger partial charge is 0.254 e. The van der Waals surface area contributed by atoms with Gasteiger partial charge in [-0.05, 0) is 34.4 Å². The first kappa shape index (κ1) is 16.0. The standard InChI is InChI=1S/C24H15ClN2/c25-22-15-21(17-9-5-2-6-10-17)20-12-11-19-18(16-7-3-1-4-8-16)13-14-26-23(19)24(20)27-22/h1-15H. The van der Waals surface area contributed by atoms with Crippen molar-refractivity contribution in [1.82, 2.24) is 9.97 Å². The van der Waals surface area contributed by atoms with Gasteiger partial charge >= 0.3 is 0 Å². The molecule has 0 fully saturated rings. The van der Waals surface area contributed by atoms with E-state index in [0.29, 0.717) is 5.15 Å². The molecule has 2 heterocycles. The Balaban J connectivity index is 1.86. The summed E-state index contributed by atoms with van der Waals surface area (Å²) in [6.45, 7) is 0. The Labute approximate surface area is 162 Å². The minimum absolute atomic E-state index is 0.473. The summed E-state index contributed by atoms with van der Waals surface area (Å²) in [5.41, 5.74) is 6.19. The Hall–Kier alpha value is -3.23. The summed E-state index contributed by atoms with van der Waals surface area (Å²) in [6.07, 6.45) is 1.84. The average Bonchev–Trinajstić information content (AvgIpc) is 2.74. The van der Waals surface area contributed by atoms with E-state index in [1.165, 1.54) is 0 Å². The van der Waals surface area contributed by atoms with Gasteiger partial charge in [0.05, 0.1) is 11.0 Å². The molecule has 0 N–H and O–H groups in total.